The highest BCUT2D eigenvalue weighted by Gasteiger charge is 2.08. The van der Waals surface area contributed by atoms with Gasteiger partial charge in [-0.2, -0.15) is 5.26 Å². The zero-order valence-corrected chi connectivity index (χ0v) is 10.0. The van der Waals surface area contributed by atoms with Gasteiger partial charge in [0.15, 0.2) is 5.75 Å². The van der Waals surface area contributed by atoms with Gasteiger partial charge in [0, 0.05) is 9.26 Å². The minimum Gasteiger partial charge on any atom is -0.283 e. The first kappa shape index (κ1) is 11.3. The van der Waals surface area contributed by atoms with Gasteiger partial charge in [-0.15, -0.1) is 0 Å². The van der Waals surface area contributed by atoms with Gasteiger partial charge in [0.1, 0.15) is 0 Å². The van der Waals surface area contributed by atoms with E-state index in [9.17, 15) is 8.42 Å². The van der Waals surface area contributed by atoms with Crippen molar-refractivity contribution in [3.05, 3.63) is 27.8 Å². The zero-order chi connectivity index (χ0) is 10.6. The molecule has 0 saturated heterocycles. The van der Waals surface area contributed by atoms with E-state index in [0.717, 1.165) is 3.57 Å². The van der Waals surface area contributed by atoms with Crippen LogP contribution in [-0.4, -0.2) is 14.2 Å². The highest BCUT2D eigenvalue weighted by Crippen LogP contribution is 2.12. The maximum atomic E-state index is 11.1. The van der Waals surface area contributed by atoms with Gasteiger partial charge in [0.05, 0.1) is 6.07 Å². The lowest BCUT2D eigenvalue weighted by molar-refractivity contribution is 0.604. The Kier molecular flexibility index (Phi) is 3.71. The fraction of sp³-hybridized carbons (Fsp3) is 0.125. The van der Waals surface area contributed by atoms with Gasteiger partial charge in [0.2, 0.25) is 10.0 Å². The van der Waals surface area contributed by atoms with E-state index in [0.29, 0.717) is 5.69 Å². The fourth-order valence-corrected chi connectivity index (χ4v) is 1.92. The number of nitriles is 1. The van der Waals surface area contributed by atoms with Crippen molar-refractivity contribution in [2.24, 2.45) is 0 Å². The van der Waals surface area contributed by atoms with Crippen molar-refractivity contribution >= 4 is 38.3 Å². The Morgan fingerprint density at radius 3 is 2.43 bits per heavy atom. The quantitative estimate of drug-likeness (QED) is 0.859. The second-order valence-corrected chi connectivity index (χ2v) is 5.49. The van der Waals surface area contributed by atoms with E-state index in [1.165, 1.54) is 0 Å². The average molecular weight is 322 g/mol. The maximum Gasteiger partial charge on any atom is 0.246 e. The third kappa shape index (κ3) is 3.51. The van der Waals surface area contributed by atoms with E-state index in [1.807, 2.05) is 0 Å². The van der Waals surface area contributed by atoms with Crippen LogP contribution in [0.1, 0.15) is 0 Å². The molecule has 14 heavy (non-hydrogen) atoms. The molecule has 0 aliphatic rings. The summed E-state index contributed by atoms with van der Waals surface area (Å²) in [5, 5.41) is 8.25. The largest absolute Gasteiger partial charge is 0.283 e. The number of hydrogen-bond acceptors (Lipinski definition) is 3. The van der Waals surface area contributed by atoms with E-state index in [1.54, 1.807) is 30.3 Å². The van der Waals surface area contributed by atoms with Gasteiger partial charge in [0.25, 0.3) is 0 Å². The molecule has 0 saturated carbocycles. The first-order valence-corrected chi connectivity index (χ1v) is 6.39. The topological polar surface area (TPSA) is 70.0 Å². The van der Waals surface area contributed by atoms with Crippen LogP contribution < -0.4 is 4.72 Å². The first-order chi connectivity index (χ1) is 6.53. The zero-order valence-electron chi connectivity index (χ0n) is 7.07. The monoisotopic (exact) mass is 322 g/mol. The van der Waals surface area contributed by atoms with Crippen molar-refractivity contribution < 1.29 is 8.42 Å². The number of nitrogens with one attached hydrogen (secondary N) is 1. The summed E-state index contributed by atoms with van der Waals surface area (Å²) in [5.41, 5.74) is 0.473. The lowest BCUT2D eigenvalue weighted by Crippen LogP contribution is -2.15. The van der Waals surface area contributed by atoms with Crippen LogP contribution in [-0.2, 0) is 10.0 Å². The molecule has 0 spiro atoms. The molecule has 0 atom stereocenters. The van der Waals surface area contributed by atoms with E-state index in [2.05, 4.69) is 27.3 Å². The van der Waals surface area contributed by atoms with Gasteiger partial charge < -0.3 is 0 Å². The van der Waals surface area contributed by atoms with E-state index < -0.39 is 15.8 Å². The molecule has 0 fully saturated rings. The van der Waals surface area contributed by atoms with Crippen LogP contribution in [0.5, 0.6) is 0 Å². The second-order valence-electron chi connectivity index (χ2n) is 2.53. The number of rotatable bonds is 3. The van der Waals surface area contributed by atoms with Crippen LogP contribution in [0.2, 0.25) is 0 Å². The van der Waals surface area contributed by atoms with Crippen molar-refractivity contribution in [3.8, 4) is 6.07 Å². The Bertz CT molecular complexity index is 447. The summed E-state index contributed by atoms with van der Waals surface area (Å²) in [6.07, 6.45) is 0. The molecule has 0 amide bonds. The molecule has 4 nitrogen and oxygen atoms in total. The predicted octanol–water partition coefficient (Wildman–Crippen LogP) is 1.56. The number of sulfonamides is 1. The normalized spacial score (nSPS) is 10.6. The highest BCUT2D eigenvalue weighted by atomic mass is 127. The van der Waals surface area contributed by atoms with E-state index in [4.69, 9.17) is 5.26 Å². The maximum absolute atomic E-state index is 11.1. The van der Waals surface area contributed by atoms with Gasteiger partial charge in [-0.05, 0) is 46.9 Å². The summed E-state index contributed by atoms with van der Waals surface area (Å²) in [5.74, 6) is -0.529. The van der Waals surface area contributed by atoms with Crippen molar-refractivity contribution in [2.75, 3.05) is 10.5 Å². The van der Waals surface area contributed by atoms with E-state index in [-0.39, 0.29) is 0 Å². The van der Waals surface area contributed by atoms with Crippen LogP contribution in [0.4, 0.5) is 5.69 Å². The van der Waals surface area contributed by atoms with Gasteiger partial charge in [-0.3, -0.25) is 4.72 Å². The SMILES string of the molecule is N#CCS(=O)(=O)Nc1ccc(I)cc1. The summed E-state index contributed by atoms with van der Waals surface area (Å²) in [6, 6.07) is 8.45. The molecule has 1 N–H and O–H groups in total. The highest BCUT2D eigenvalue weighted by molar-refractivity contribution is 14.1. The molecular weight excluding hydrogens is 315 g/mol. The minimum absolute atomic E-state index is 0.473. The lowest BCUT2D eigenvalue weighted by atomic mass is 10.3. The third-order valence-electron chi connectivity index (χ3n) is 1.37. The number of hydrogen-bond donors (Lipinski definition) is 1. The van der Waals surface area contributed by atoms with Crippen LogP contribution >= 0.6 is 22.6 Å². The van der Waals surface area contributed by atoms with Crippen LogP contribution in [0.25, 0.3) is 0 Å². The predicted molar refractivity (Wildman–Crippen MR) is 62.2 cm³/mol. The summed E-state index contributed by atoms with van der Waals surface area (Å²) in [4.78, 5) is 0. The molecule has 0 aliphatic carbocycles. The van der Waals surface area contributed by atoms with Crippen molar-refractivity contribution in [1.29, 1.82) is 5.26 Å². The molecule has 0 radical (unpaired) electrons. The number of anilines is 1. The fourth-order valence-electron chi connectivity index (χ4n) is 0.819. The van der Waals surface area contributed by atoms with Crippen molar-refractivity contribution in [1.82, 2.24) is 0 Å². The third-order valence-corrected chi connectivity index (χ3v) is 3.15. The Morgan fingerprint density at radius 2 is 1.93 bits per heavy atom. The van der Waals surface area contributed by atoms with Crippen LogP contribution in [0.15, 0.2) is 24.3 Å². The summed E-state index contributed by atoms with van der Waals surface area (Å²) in [7, 11) is -3.51. The van der Waals surface area contributed by atoms with Gasteiger partial charge in [-0.25, -0.2) is 8.42 Å². The molecule has 1 aromatic carbocycles. The molecule has 0 aromatic heterocycles. The molecule has 0 bridgehead atoms. The van der Waals surface area contributed by atoms with E-state index >= 15 is 0 Å². The molecule has 74 valence electrons. The smallest absolute Gasteiger partial charge is 0.246 e. The number of halogens is 1. The minimum atomic E-state index is -3.51. The first-order valence-electron chi connectivity index (χ1n) is 3.66. The summed E-state index contributed by atoms with van der Waals surface area (Å²) < 4.78 is 25.6. The summed E-state index contributed by atoms with van der Waals surface area (Å²) in [6.45, 7) is 0. The molecule has 0 heterocycles. The van der Waals surface area contributed by atoms with Crippen molar-refractivity contribution in [2.45, 2.75) is 0 Å². The van der Waals surface area contributed by atoms with Gasteiger partial charge in [-0.1, -0.05) is 0 Å². The Labute approximate surface area is 96.1 Å². The molecule has 6 heteroatoms. The summed E-state index contributed by atoms with van der Waals surface area (Å²) >= 11 is 2.12. The van der Waals surface area contributed by atoms with Crippen LogP contribution in [0.3, 0.4) is 0 Å². The number of nitrogens with zero attached hydrogens (tertiary/aromatic N) is 1. The second kappa shape index (κ2) is 4.61. The molecule has 0 unspecified atom stereocenters. The van der Waals surface area contributed by atoms with Crippen LogP contribution in [0, 0.1) is 14.9 Å². The lowest BCUT2D eigenvalue weighted by Gasteiger charge is -2.04. The molecule has 0 aliphatic heterocycles. The Morgan fingerprint density at radius 1 is 1.36 bits per heavy atom. The number of benzene rings is 1. The van der Waals surface area contributed by atoms with Gasteiger partial charge >= 0.3 is 0 Å². The average Bonchev–Trinajstić information content (AvgIpc) is 2.08. The molecule has 1 rings (SSSR count). The Balaban J connectivity index is 2.80. The molecule has 1 aromatic rings. The van der Waals surface area contributed by atoms with Crippen molar-refractivity contribution in [3.63, 3.8) is 0 Å². The Hall–Kier alpha value is -0.810. The standard InChI is InChI=1S/C8H7IN2O2S/c9-7-1-3-8(4-2-7)11-14(12,13)6-5-10/h1-4,11H,6H2. The molecular formula is C8H7IN2O2S.